The summed E-state index contributed by atoms with van der Waals surface area (Å²) in [6.07, 6.45) is 1.46. The van der Waals surface area contributed by atoms with Crippen molar-refractivity contribution in [1.29, 1.82) is 0 Å². The lowest BCUT2D eigenvalue weighted by molar-refractivity contribution is -0.137. The number of carbonyl (C=O) groups excluding carboxylic acids is 2. The average molecular weight is 225 g/mol. The molecule has 2 unspecified atom stereocenters. The predicted molar refractivity (Wildman–Crippen MR) is 59.5 cm³/mol. The van der Waals surface area contributed by atoms with Crippen LogP contribution in [0.5, 0.6) is 0 Å². The summed E-state index contributed by atoms with van der Waals surface area (Å²) in [5, 5.41) is 0. The topological polar surface area (TPSA) is 66.6 Å². The van der Waals surface area contributed by atoms with E-state index in [1.165, 1.54) is 0 Å². The van der Waals surface area contributed by atoms with E-state index in [1.54, 1.807) is 9.80 Å². The number of likely N-dealkylation sites (tertiary alicyclic amines) is 2. The van der Waals surface area contributed by atoms with Crippen LogP contribution in [0.4, 0.5) is 0 Å². The molecule has 2 fully saturated rings. The first-order valence-corrected chi connectivity index (χ1v) is 5.89. The Labute approximate surface area is 95.6 Å². The second-order valence-electron chi connectivity index (χ2n) is 4.86. The molecule has 2 aliphatic rings. The molecule has 0 saturated carbocycles. The molecule has 0 aliphatic carbocycles. The molecule has 90 valence electrons. The van der Waals surface area contributed by atoms with E-state index in [4.69, 9.17) is 5.73 Å². The molecule has 2 aliphatic heterocycles. The SMILES string of the molecule is CC1CN(C(=O)CN2CCCC2=O)CC1N. The second-order valence-corrected chi connectivity index (χ2v) is 4.86. The van der Waals surface area contributed by atoms with Crippen LogP contribution in [0, 0.1) is 5.92 Å². The lowest BCUT2D eigenvalue weighted by Gasteiger charge is -2.20. The number of nitrogens with two attached hydrogens (primary N) is 1. The number of carbonyl (C=O) groups is 2. The van der Waals surface area contributed by atoms with E-state index in [0.29, 0.717) is 18.9 Å². The maximum absolute atomic E-state index is 11.9. The molecule has 5 nitrogen and oxygen atoms in total. The summed E-state index contributed by atoms with van der Waals surface area (Å²) < 4.78 is 0. The van der Waals surface area contributed by atoms with Gasteiger partial charge in [-0.3, -0.25) is 9.59 Å². The first kappa shape index (κ1) is 11.4. The molecular formula is C11H19N3O2. The molecule has 0 aromatic rings. The van der Waals surface area contributed by atoms with E-state index >= 15 is 0 Å². The Morgan fingerprint density at radius 1 is 1.50 bits per heavy atom. The number of amides is 2. The van der Waals surface area contributed by atoms with E-state index in [1.807, 2.05) is 0 Å². The van der Waals surface area contributed by atoms with Gasteiger partial charge in [0.05, 0.1) is 6.54 Å². The van der Waals surface area contributed by atoms with E-state index in [9.17, 15) is 9.59 Å². The highest BCUT2D eigenvalue weighted by Gasteiger charge is 2.31. The Hall–Kier alpha value is -1.10. The first-order valence-electron chi connectivity index (χ1n) is 5.89. The van der Waals surface area contributed by atoms with Crippen molar-refractivity contribution >= 4 is 11.8 Å². The van der Waals surface area contributed by atoms with Crippen molar-refractivity contribution in [1.82, 2.24) is 9.80 Å². The van der Waals surface area contributed by atoms with Gasteiger partial charge in [0.15, 0.2) is 0 Å². The van der Waals surface area contributed by atoms with Gasteiger partial charge in [-0.25, -0.2) is 0 Å². The van der Waals surface area contributed by atoms with E-state index < -0.39 is 0 Å². The van der Waals surface area contributed by atoms with Gasteiger partial charge in [-0.1, -0.05) is 6.92 Å². The minimum absolute atomic E-state index is 0.0371. The van der Waals surface area contributed by atoms with Crippen LogP contribution in [0.3, 0.4) is 0 Å². The van der Waals surface area contributed by atoms with Gasteiger partial charge < -0.3 is 15.5 Å². The van der Waals surface area contributed by atoms with Gasteiger partial charge in [-0.2, -0.15) is 0 Å². The van der Waals surface area contributed by atoms with Gasteiger partial charge in [0.25, 0.3) is 0 Å². The highest BCUT2D eigenvalue weighted by molar-refractivity contribution is 5.86. The van der Waals surface area contributed by atoms with Gasteiger partial charge in [0.1, 0.15) is 0 Å². The summed E-state index contributed by atoms with van der Waals surface area (Å²) in [5.41, 5.74) is 5.87. The van der Waals surface area contributed by atoms with Crippen LogP contribution < -0.4 is 5.73 Å². The van der Waals surface area contributed by atoms with Gasteiger partial charge >= 0.3 is 0 Å². The van der Waals surface area contributed by atoms with Crippen LogP contribution in [-0.4, -0.2) is 53.8 Å². The summed E-state index contributed by atoms with van der Waals surface area (Å²) in [6, 6.07) is 0.0817. The number of nitrogens with zero attached hydrogens (tertiary/aromatic N) is 2. The van der Waals surface area contributed by atoms with E-state index in [2.05, 4.69) is 6.92 Å². The van der Waals surface area contributed by atoms with Crippen LogP contribution in [-0.2, 0) is 9.59 Å². The molecule has 2 saturated heterocycles. The van der Waals surface area contributed by atoms with Crippen LogP contribution in [0.1, 0.15) is 19.8 Å². The monoisotopic (exact) mass is 225 g/mol. The fraction of sp³-hybridized carbons (Fsp3) is 0.818. The first-order chi connectivity index (χ1) is 7.58. The smallest absolute Gasteiger partial charge is 0.242 e. The summed E-state index contributed by atoms with van der Waals surface area (Å²) in [5.74, 6) is 0.498. The zero-order chi connectivity index (χ0) is 11.7. The fourth-order valence-electron chi connectivity index (χ4n) is 2.33. The Morgan fingerprint density at radius 3 is 2.75 bits per heavy atom. The molecular weight excluding hydrogens is 206 g/mol. The zero-order valence-electron chi connectivity index (χ0n) is 9.69. The minimum atomic E-state index is 0.0371. The quantitative estimate of drug-likeness (QED) is 0.683. The maximum atomic E-state index is 11.9. The minimum Gasteiger partial charge on any atom is -0.339 e. The van der Waals surface area contributed by atoms with Crippen molar-refractivity contribution in [2.75, 3.05) is 26.2 Å². The molecule has 2 rings (SSSR count). The van der Waals surface area contributed by atoms with Crippen molar-refractivity contribution in [3.8, 4) is 0 Å². The highest BCUT2D eigenvalue weighted by Crippen LogP contribution is 2.16. The Kier molecular flexibility index (Phi) is 3.14. The molecule has 0 radical (unpaired) electrons. The summed E-state index contributed by atoms with van der Waals surface area (Å²) in [6.45, 7) is 4.36. The molecule has 2 heterocycles. The molecule has 0 bridgehead atoms. The number of hydrogen-bond donors (Lipinski definition) is 1. The highest BCUT2D eigenvalue weighted by atomic mass is 16.2. The van der Waals surface area contributed by atoms with Crippen LogP contribution in [0.2, 0.25) is 0 Å². The molecule has 5 heteroatoms. The largest absolute Gasteiger partial charge is 0.339 e. The zero-order valence-corrected chi connectivity index (χ0v) is 9.69. The molecule has 16 heavy (non-hydrogen) atoms. The van der Waals surface area contributed by atoms with Crippen LogP contribution in [0.15, 0.2) is 0 Å². The molecule has 2 amide bonds. The Morgan fingerprint density at radius 2 is 2.25 bits per heavy atom. The van der Waals surface area contributed by atoms with Crippen molar-refractivity contribution in [3.05, 3.63) is 0 Å². The maximum Gasteiger partial charge on any atom is 0.242 e. The number of rotatable bonds is 2. The molecule has 2 N–H and O–H groups in total. The van der Waals surface area contributed by atoms with E-state index in [-0.39, 0.29) is 24.4 Å². The summed E-state index contributed by atoms with van der Waals surface area (Å²) in [7, 11) is 0. The van der Waals surface area contributed by atoms with Gasteiger partial charge in [-0.05, 0) is 12.3 Å². The number of hydrogen-bond acceptors (Lipinski definition) is 3. The lowest BCUT2D eigenvalue weighted by atomic mass is 10.1. The molecule has 2 atom stereocenters. The third kappa shape index (κ3) is 2.19. The summed E-state index contributed by atoms with van der Waals surface area (Å²) in [4.78, 5) is 26.7. The van der Waals surface area contributed by atoms with E-state index in [0.717, 1.165) is 19.5 Å². The molecule has 0 aromatic carbocycles. The van der Waals surface area contributed by atoms with Gasteiger partial charge in [-0.15, -0.1) is 0 Å². The van der Waals surface area contributed by atoms with Crippen molar-refractivity contribution in [2.45, 2.75) is 25.8 Å². The Balaban J connectivity index is 1.86. The standard InChI is InChI=1S/C11H19N3O2/c1-8-5-14(6-9(8)12)11(16)7-13-4-2-3-10(13)15/h8-9H,2-7,12H2,1H3. The van der Waals surface area contributed by atoms with Crippen LogP contribution in [0.25, 0.3) is 0 Å². The summed E-state index contributed by atoms with van der Waals surface area (Å²) >= 11 is 0. The third-order valence-corrected chi connectivity index (χ3v) is 3.52. The van der Waals surface area contributed by atoms with Crippen molar-refractivity contribution < 1.29 is 9.59 Å². The normalized spacial score (nSPS) is 30.2. The predicted octanol–water partition coefficient (Wildman–Crippen LogP) is -0.586. The lowest BCUT2D eigenvalue weighted by Crippen LogP contribution is -2.40. The van der Waals surface area contributed by atoms with Gasteiger partial charge in [0, 0.05) is 32.1 Å². The Bertz CT molecular complexity index is 296. The molecule has 0 aromatic heterocycles. The van der Waals surface area contributed by atoms with Crippen molar-refractivity contribution in [3.63, 3.8) is 0 Å². The third-order valence-electron chi connectivity index (χ3n) is 3.52. The average Bonchev–Trinajstić information content (AvgIpc) is 2.76. The second kappa shape index (κ2) is 4.41. The molecule has 0 spiro atoms. The van der Waals surface area contributed by atoms with Crippen molar-refractivity contribution in [2.24, 2.45) is 11.7 Å². The fourth-order valence-corrected chi connectivity index (χ4v) is 2.33. The van der Waals surface area contributed by atoms with Gasteiger partial charge in [0.2, 0.25) is 11.8 Å². The van der Waals surface area contributed by atoms with Crippen LogP contribution >= 0.6 is 0 Å².